The number of hydrogen-bond acceptors (Lipinski definition) is 2. The van der Waals surface area contributed by atoms with Crippen LogP contribution in [0.5, 0.6) is 0 Å². The van der Waals surface area contributed by atoms with Crippen LogP contribution in [0.15, 0.2) is 18.2 Å². The maximum absolute atomic E-state index is 13.0. The monoisotopic (exact) mass is 225 g/mol. The number of anilines is 1. The molecule has 0 bridgehead atoms. The minimum absolute atomic E-state index is 0.0564. The van der Waals surface area contributed by atoms with E-state index in [2.05, 4.69) is 5.32 Å². The Balaban J connectivity index is 2.52. The molecule has 0 aliphatic heterocycles. The summed E-state index contributed by atoms with van der Waals surface area (Å²) < 4.78 is 13.0. The van der Waals surface area contributed by atoms with E-state index >= 15 is 0 Å². The molecule has 0 aliphatic rings. The molecule has 0 saturated carbocycles. The average molecular weight is 225 g/mol. The summed E-state index contributed by atoms with van der Waals surface area (Å²) in [6.45, 7) is 3.60. The lowest BCUT2D eigenvalue weighted by atomic mass is 10.1. The first-order valence-corrected chi connectivity index (χ1v) is 5.23. The van der Waals surface area contributed by atoms with Gasteiger partial charge in [0, 0.05) is 18.2 Å². The fourth-order valence-corrected chi connectivity index (χ4v) is 1.43. The number of halogens is 1. The Morgan fingerprint density at radius 2 is 2.25 bits per heavy atom. The van der Waals surface area contributed by atoms with Crippen molar-refractivity contribution in [2.45, 2.75) is 32.7 Å². The SMILES string of the molecule is Cc1cc(NC(C)CCC(=O)O)ccc1F. The lowest BCUT2D eigenvalue weighted by Gasteiger charge is -2.14. The average Bonchev–Trinajstić information content (AvgIpc) is 2.21. The summed E-state index contributed by atoms with van der Waals surface area (Å²) in [6.07, 6.45) is 0.681. The molecule has 1 atom stereocenters. The van der Waals surface area contributed by atoms with Gasteiger partial charge in [0.2, 0.25) is 0 Å². The highest BCUT2D eigenvalue weighted by atomic mass is 19.1. The summed E-state index contributed by atoms with van der Waals surface area (Å²) in [4.78, 5) is 10.4. The third kappa shape index (κ3) is 3.88. The molecule has 0 fully saturated rings. The molecule has 4 heteroatoms. The molecule has 2 N–H and O–H groups in total. The summed E-state index contributed by atoms with van der Waals surface area (Å²) in [5.41, 5.74) is 1.40. The van der Waals surface area contributed by atoms with Gasteiger partial charge in [-0.15, -0.1) is 0 Å². The highest BCUT2D eigenvalue weighted by molar-refractivity contribution is 5.66. The van der Waals surface area contributed by atoms with Crippen LogP contribution in [0.4, 0.5) is 10.1 Å². The van der Waals surface area contributed by atoms with Gasteiger partial charge < -0.3 is 10.4 Å². The number of carbonyl (C=O) groups is 1. The van der Waals surface area contributed by atoms with Crippen LogP contribution in [0.2, 0.25) is 0 Å². The van der Waals surface area contributed by atoms with Crippen LogP contribution in [0.1, 0.15) is 25.3 Å². The van der Waals surface area contributed by atoms with E-state index in [9.17, 15) is 9.18 Å². The van der Waals surface area contributed by atoms with Crippen LogP contribution in [0, 0.1) is 12.7 Å². The second-order valence-corrected chi connectivity index (χ2v) is 3.94. The van der Waals surface area contributed by atoms with Crippen LogP contribution in [-0.4, -0.2) is 17.1 Å². The molecular weight excluding hydrogens is 209 g/mol. The lowest BCUT2D eigenvalue weighted by Crippen LogP contribution is -2.16. The predicted molar refractivity (Wildman–Crippen MR) is 61.1 cm³/mol. The second kappa shape index (κ2) is 5.49. The summed E-state index contributed by atoms with van der Waals surface area (Å²) in [5, 5.41) is 11.7. The maximum atomic E-state index is 13.0. The Hall–Kier alpha value is -1.58. The Labute approximate surface area is 94.3 Å². The predicted octanol–water partition coefficient (Wildman–Crippen LogP) is 2.80. The van der Waals surface area contributed by atoms with Crippen molar-refractivity contribution in [1.82, 2.24) is 0 Å². The van der Waals surface area contributed by atoms with Gasteiger partial charge in [-0.05, 0) is 44.0 Å². The Kier molecular flexibility index (Phi) is 4.28. The third-order valence-electron chi connectivity index (χ3n) is 2.36. The normalized spacial score (nSPS) is 12.2. The molecule has 88 valence electrons. The van der Waals surface area contributed by atoms with Gasteiger partial charge in [0.15, 0.2) is 0 Å². The minimum atomic E-state index is -0.802. The molecular formula is C12H16FNO2. The number of nitrogens with one attached hydrogen (secondary N) is 1. The van der Waals surface area contributed by atoms with Crippen molar-refractivity contribution in [2.75, 3.05) is 5.32 Å². The van der Waals surface area contributed by atoms with Gasteiger partial charge in [0.25, 0.3) is 0 Å². The number of aliphatic carboxylic acids is 1. The van der Waals surface area contributed by atoms with Gasteiger partial charge in [0.1, 0.15) is 5.82 Å². The molecule has 0 radical (unpaired) electrons. The van der Waals surface area contributed by atoms with Crippen molar-refractivity contribution in [3.8, 4) is 0 Å². The first kappa shape index (κ1) is 12.5. The molecule has 1 aromatic carbocycles. The lowest BCUT2D eigenvalue weighted by molar-refractivity contribution is -0.137. The fourth-order valence-electron chi connectivity index (χ4n) is 1.43. The van der Waals surface area contributed by atoms with Gasteiger partial charge in [-0.2, -0.15) is 0 Å². The first-order chi connectivity index (χ1) is 7.49. The molecule has 1 unspecified atom stereocenters. The van der Waals surface area contributed by atoms with Gasteiger partial charge in [0.05, 0.1) is 0 Å². The van der Waals surface area contributed by atoms with Crippen molar-refractivity contribution >= 4 is 11.7 Å². The summed E-state index contributed by atoms with van der Waals surface area (Å²) in [6, 6.07) is 4.83. The van der Waals surface area contributed by atoms with Gasteiger partial charge >= 0.3 is 5.97 Å². The molecule has 0 aromatic heterocycles. The van der Waals surface area contributed by atoms with Crippen LogP contribution in [-0.2, 0) is 4.79 Å². The zero-order chi connectivity index (χ0) is 12.1. The largest absolute Gasteiger partial charge is 0.481 e. The van der Waals surface area contributed by atoms with E-state index in [1.165, 1.54) is 6.07 Å². The number of carboxylic acid groups (broad SMARTS) is 1. The summed E-state index contributed by atoms with van der Waals surface area (Å²) >= 11 is 0. The molecule has 16 heavy (non-hydrogen) atoms. The summed E-state index contributed by atoms with van der Waals surface area (Å²) in [7, 11) is 0. The Morgan fingerprint density at radius 1 is 1.56 bits per heavy atom. The van der Waals surface area contributed by atoms with E-state index in [1.807, 2.05) is 6.92 Å². The topological polar surface area (TPSA) is 49.3 Å². The number of carboxylic acids is 1. The van der Waals surface area contributed by atoms with Crippen LogP contribution >= 0.6 is 0 Å². The molecule has 0 saturated heterocycles. The molecule has 0 spiro atoms. The van der Waals surface area contributed by atoms with E-state index in [0.29, 0.717) is 12.0 Å². The van der Waals surface area contributed by atoms with Crippen molar-refractivity contribution in [1.29, 1.82) is 0 Å². The quantitative estimate of drug-likeness (QED) is 0.810. The zero-order valence-electron chi connectivity index (χ0n) is 9.46. The highest BCUT2D eigenvalue weighted by Gasteiger charge is 2.06. The van der Waals surface area contributed by atoms with Crippen molar-refractivity contribution in [2.24, 2.45) is 0 Å². The Morgan fingerprint density at radius 3 is 2.81 bits per heavy atom. The first-order valence-electron chi connectivity index (χ1n) is 5.23. The van der Waals surface area contributed by atoms with E-state index in [-0.39, 0.29) is 18.3 Å². The molecule has 0 amide bonds. The van der Waals surface area contributed by atoms with Crippen LogP contribution < -0.4 is 5.32 Å². The standard InChI is InChI=1S/C12H16FNO2/c1-8-7-10(4-5-11(8)13)14-9(2)3-6-12(15)16/h4-5,7,9,14H,3,6H2,1-2H3,(H,15,16). The van der Waals surface area contributed by atoms with E-state index in [1.54, 1.807) is 19.1 Å². The van der Waals surface area contributed by atoms with Crippen molar-refractivity contribution in [3.05, 3.63) is 29.6 Å². The smallest absolute Gasteiger partial charge is 0.303 e. The van der Waals surface area contributed by atoms with Crippen LogP contribution in [0.3, 0.4) is 0 Å². The van der Waals surface area contributed by atoms with Crippen molar-refractivity contribution in [3.63, 3.8) is 0 Å². The minimum Gasteiger partial charge on any atom is -0.481 e. The molecule has 3 nitrogen and oxygen atoms in total. The third-order valence-corrected chi connectivity index (χ3v) is 2.36. The highest BCUT2D eigenvalue weighted by Crippen LogP contribution is 2.15. The number of hydrogen-bond donors (Lipinski definition) is 2. The van der Waals surface area contributed by atoms with Gasteiger partial charge in [-0.1, -0.05) is 0 Å². The molecule has 0 heterocycles. The zero-order valence-corrected chi connectivity index (χ0v) is 9.46. The fraction of sp³-hybridized carbons (Fsp3) is 0.417. The van der Waals surface area contributed by atoms with E-state index < -0.39 is 5.97 Å². The van der Waals surface area contributed by atoms with Gasteiger partial charge in [-0.25, -0.2) is 4.39 Å². The Bertz CT molecular complexity index is 379. The summed E-state index contributed by atoms with van der Waals surface area (Å²) in [5.74, 6) is -1.03. The van der Waals surface area contributed by atoms with E-state index in [4.69, 9.17) is 5.11 Å². The number of benzene rings is 1. The maximum Gasteiger partial charge on any atom is 0.303 e. The number of rotatable bonds is 5. The number of aryl methyl sites for hydroxylation is 1. The molecule has 1 aromatic rings. The van der Waals surface area contributed by atoms with Crippen LogP contribution in [0.25, 0.3) is 0 Å². The van der Waals surface area contributed by atoms with Crippen molar-refractivity contribution < 1.29 is 14.3 Å². The molecule has 1 rings (SSSR count). The van der Waals surface area contributed by atoms with Gasteiger partial charge in [-0.3, -0.25) is 4.79 Å². The van der Waals surface area contributed by atoms with E-state index in [0.717, 1.165) is 5.69 Å². The molecule has 0 aliphatic carbocycles. The second-order valence-electron chi connectivity index (χ2n) is 3.94.